The van der Waals surface area contributed by atoms with Crippen molar-refractivity contribution in [1.29, 1.82) is 0 Å². The Bertz CT molecular complexity index is 394. The van der Waals surface area contributed by atoms with Crippen LogP contribution in [-0.2, 0) is 11.3 Å². The number of nitro groups is 1. The summed E-state index contributed by atoms with van der Waals surface area (Å²) in [6.45, 7) is 5.90. The molecule has 1 N–H and O–H groups in total. The topological polar surface area (TPSA) is 64.4 Å². The van der Waals surface area contributed by atoms with Crippen molar-refractivity contribution in [2.45, 2.75) is 33.3 Å². The molecule has 1 aromatic rings. The van der Waals surface area contributed by atoms with E-state index in [0.717, 1.165) is 25.0 Å². The van der Waals surface area contributed by atoms with Crippen molar-refractivity contribution < 1.29 is 9.66 Å². The second kappa shape index (κ2) is 7.66. The minimum absolute atomic E-state index is 0.106. The first kappa shape index (κ1) is 14.4. The van der Waals surface area contributed by atoms with Crippen LogP contribution in [0.4, 0.5) is 11.4 Å². The number of nitrogens with one attached hydrogen (secondary N) is 1. The Hall–Kier alpha value is -1.62. The second-order valence-corrected chi connectivity index (χ2v) is 4.05. The van der Waals surface area contributed by atoms with E-state index in [9.17, 15) is 10.1 Å². The molecule has 18 heavy (non-hydrogen) atoms. The van der Waals surface area contributed by atoms with E-state index in [2.05, 4.69) is 12.2 Å². The highest BCUT2D eigenvalue weighted by molar-refractivity contribution is 5.62. The summed E-state index contributed by atoms with van der Waals surface area (Å²) in [6.07, 6.45) is 2.13. The average molecular weight is 252 g/mol. The molecular formula is C13H20N2O3. The fourth-order valence-corrected chi connectivity index (χ4v) is 1.60. The SMILES string of the molecule is CCCCOCc1ccc([N+](=O)[O-])c(NCC)c1. The summed E-state index contributed by atoms with van der Waals surface area (Å²) in [7, 11) is 0. The van der Waals surface area contributed by atoms with Crippen LogP contribution in [0.1, 0.15) is 32.3 Å². The highest BCUT2D eigenvalue weighted by Gasteiger charge is 2.13. The van der Waals surface area contributed by atoms with Crippen LogP contribution in [0, 0.1) is 10.1 Å². The van der Waals surface area contributed by atoms with Gasteiger partial charge in [-0.2, -0.15) is 0 Å². The molecule has 0 spiro atoms. The molecule has 0 unspecified atom stereocenters. The number of ether oxygens (including phenoxy) is 1. The number of hydrogen-bond acceptors (Lipinski definition) is 4. The van der Waals surface area contributed by atoms with E-state index in [0.29, 0.717) is 18.8 Å². The van der Waals surface area contributed by atoms with Gasteiger partial charge in [0.15, 0.2) is 0 Å². The van der Waals surface area contributed by atoms with Crippen LogP contribution in [0.15, 0.2) is 18.2 Å². The predicted molar refractivity (Wildman–Crippen MR) is 71.8 cm³/mol. The lowest BCUT2D eigenvalue weighted by Gasteiger charge is -2.08. The van der Waals surface area contributed by atoms with Crippen LogP contribution >= 0.6 is 0 Å². The number of anilines is 1. The molecule has 0 aliphatic rings. The number of nitrogens with zero attached hydrogens (tertiary/aromatic N) is 1. The third-order valence-electron chi connectivity index (χ3n) is 2.54. The molecule has 0 aromatic heterocycles. The zero-order valence-corrected chi connectivity index (χ0v) is 10.9. The maximum absolute atomic E-state index is 10.8. The van der Waals surface area contributed by atoms with E-state index < -0.39 is 0 Å². The van der Waals surface area contributed by atoms with Gasteiger partial charge in [0.25, 0.3) is 5.69 Å². The van der Waals surface area contributed by atoms with Crippen molar-refractivity contribution in [2.24, 2.45) is 0 Å². The predicted octanol–water partition coefficient (Wildman–Crippen LogP) is 3.34. The van der Waals surface area contributed by atoms with Gasteiger partial charge in [0.05, 0.1) is 11.5 Å². The van der Waals surface area contributed by atoms with Crippen molar-refractivity contribution in [3.8, 4) is 0 Å². The summed E-state index contributed by atoms with van der Waals surface area (Å²) in [5, 5.41) is 13.8. The quantitative estimate of drug-likeness (QED) is 0.438. The first-order chi connectivity index (χ1) is 8.69. The van der Waals surface area contributed by atoms with Crippen LogP contribution in [0.5, 0.6) is 0 Å². The largest absolute Gasteiger partial charge is 0.380 e. The first-order valence-electron chi connectivity index (χ1n) is 6.28. The van der Waals surface area contributed by atoms with Gasteiger partial charge in [0.2, 0.25) is 0 Å². The van der Waals surface area contributed by atoms with Gasteiger partial charge >= 0.3 is 0 Å². The van der Waals surface area contributed by atoms with E-state index in [1.165, 1.54) is 6.07 Å². The smallest absolute Gasteiger partial charge is 0.292 e. The minimum Gasteiger partial charge on any atom is -0.380 e. The molecular weight excluding hydrogens is 232 g/mol. The molecule has 1 rings (SSSR count). The van der Waals surface area contributed by atoms with E-state index in [-0.39, 0.29) is 10.6 Å². The summed E-state index contributed by atoms with van der Waals surface area (Å²) >= 11 is 0. The van der Waals surface area contributed by atoms with Crippen molar-refractivity contribution in [3.05, 3.63) is 33.9 Å². The molecule has 0 amide bonds. The van der Waals surface area contributed by atoms with Gasteiger partial charge in [-0.3, -0.25) is 10.1 Å². The van der Waals surface area contributed by atoms with Crippen LogP contribution in [0.3, 0.4) is 0 Å². The van der Waals surface area contributed by atoms with Gasteiger partial charge in [0.1, 0.15) is 5.69 Å². The average Bonchev–Trinajstić information content (AvgIpc) is 2.35. The summed E-state index contributed by atoms with van der Waals surface area (Å²) < 4.78 is 5.50. The Labute approximate surface area is 107 Å². The Balaban J connectivity index is 2.70. The number of benzene rings is 1. The summed E-state index contributed by atoms with van der Waals surface area (Å²) in [6, 6.07) is 5.05. The molecule has 0 radical (unpaired) electrons. The fraction of sp³-hybridized carbons (Fsp3) is 0.538. The van der Waals surface area contributed by atoms with Crippen molar-refractivity contribution in [3.63, 3.8) is 0 Å². The van der Waals surface area contributed by atoms with Gasteiger partial charge in [0, 0.05) is 19.2 Å². The van der Waals surface area contributed by atoms with Gasteiger partial charge in [-0.25, -0.2) is 0 Å². The lowest BCUT2D eigenvalue weighted by molar-refractivity contribution is -0.384. The monoisotopic (exact) mass is 252 g/mol. The van der Waals surface area contributed by atoms with E-state index >= 15 is 0 Å². The zero-order valence-electron chi connectivity index (χ0n) is 10.9. The molecule has 5 heteroatoms. The van der Waals surface area contributed by atoms with Gasteiger partial charge in [-0.15, -0.1) is 0 Å². The van der Waals surface area contributed by atoms with E-state index in [1.54, 1.807) is 12.1 Å². The Morgan fingerprint density at radius 2 is 2.17 bits per heavy atom. The van der Waals surface area contributed by atoms with Crippen LogP contribution in [0.25, 0.3) is 0 Å². The number of nitro benzene ring substituents is 1. The molecule has 0 aliphatic carbocycles. The van der Waals surface area contributed by atoms with Gasteiger partial charge in [-0.1, -0.05) is 13.3 Å². The van der Waals surface area contributed by atoms with Crippen LogP contribution in [-0.4, -0.2) is 18.1 Å². The lowest BCUT2D eigenvalue weighted by Crippen LogP contribution is -2.03. The first-order valence-corrected chi connectivity index (χ1v) is 6.28. The van der Waals surface area contributed by atoms with Crippen molar-refractivity contribution in [2.75, 3.05) is 18.5 Å². The Kier molecular flexibility index (Phi) is 6.14. The molecule has 0 heterocycles. The maximum Gasteiger partial charge on any atom is 0.292 e. The molecule has 0 saturated heterocycles. The number of unbranched alkanes of at least 4 members (excludes halogenated alkanes) is 1. The Morgan fingerprint density at radius 1 is 1.39 bits per heavy atom. The highest BCUT2D eigenvalue weighted by atomic mass is 16.6. The van der Waals surface area contributed by atoms with Gasteiger partial charge in [-0.05, 0) is 31.0 Å². The Morgan fingerprint density at radius 3 is 2.78 bits per heavy atom. The maximum atomic E-state index is 10.8. The zero-order chi connectivity index (χ0) is 13.4. The molecule has 0 saturated carbocycles. The van der Waals surface area contributed by atoms with Crippen LogP contribution < -0.4 is 5.32 Å². The van der Waals surface area contributed by atoms with Gasteiger partial charge < -0.3 is 10.1 Å². The fourth-order valence-electron chi connectivity index (χ4n) is 1.60. The third-order valence-corrected chi connectivity index (χ3v) is 2.54. The molecule has 5 nitrogen and oxygen atoms in total. The van der Waals surface area contributed by atoms with Crippen LogP contribution in [0.2, 0.25) is 0 Å². The minimum atomic E-state index is -0.375. The third kappa shape index (κ3) is 4.33. The molecule has 1 aromatic carbocycles. The molecule has 0 atom stereocenters. The van der Waals surface area contributed by atoms with Crippen molar-refractivity contribution >= 4 is 11.4 Å². The van der Waals surface area contributed by atoms with E-state index in [4.69, 9.17) is 4.74 Å². The molecule has 0 fully saturated rings. The second-order valence-electron chi connectivity index (χ2n) is 4.05. The van der Waals surface area contributed by atoms with E-state index in [1.807, 2.05) is 6.92 Å². The summed E-state index contributed by atoms with van der Waals surface area (Å²) in [4.78, 5) is 10.5. The lowest BCUT2D eigenvalue weighted by atomic mass is 10.2. The molecule has 100 valence electrons. The number of rotatable bonds is 8. The number of hydrogen-bond donors (Lipinski definition) is 1. The standard InChI is InChI=1S/C13H20N2O3/c1-3-5-8-18-10-11-6-7-13(15(16)17)12(9-11)14-4-2/h6-7,9,14H,3-5,8,10H2,1-2H3. The van der Waals surface area contributed by atoms with Crippen molar-refractivity contribution in [1.82, 2.24) is 0 Å². The molecule has 0 aliphatic heterocycles. The highest BCUT2D eigenvalue weighted by Crippen LogP contribution is 2.25. The molecule has 0 bridgehead atoms. The normalized spacial score (nSPS) is 10.3. The summed E-state index contributed by atoms with van der Waals surface area (Å²) in [5.74, 6) is 0. The summed E-state index contributed by atoms with van der Waals surface area (Å²) in [5.41, 5.74) is 1.61.